The first-order chi connectivity index (χ1) is 9.40. The minimum absolute atomic E-state index is 0.305. The van der Waals surface area contributed by atoms with Gasteiger partial charge in [-0.2, -0.15) is 13.2 Å². The van der Waals surface area contributed by atoms with Crippen LogP contribution in [0.3, 0.4) is 0 Å². The van der Waals surface area contributed by atoms with Gasteiger partial charge in [-0.25, -0.2) is 0 Å². The van der Waals surface area contributed by atoms with Gasteiger partial charge in [-0.3, -0.25) is 0 Å². The zero-order chi connectivity index (χ0) is 14.8. The smallest absolute Gasteiger partial charge is 0.166 e. The molecule has 0 aromatic heterocycles. The molecule has 0 aliphatic carbocycles. The van der Waals surface area contributed by atoms with Crippen LogP contribution in [0.1, 0.15) is 34.7 Å². The maximum absolute atomic E-state index is 13.1. The predicted molar refractivity (Wildman–Crippen MR) is 74.8 cm³/mol. The van der Waals surface area contributed by atoms with Gasteiger partial charge < -0.3 is 0 Å². The number of aryl methyl sites for hydroxylation is 2. The molecule has 2 rings (SSSR count). The zero-order valence-electron chi connectivity index (χ0n) is 11.6. The Labute approximate surface area is 117 Å². The molecule has 3 heteroatoms. The van der Waals surface area contributed by atoms with Gasteiger partial charge in [0.15, 0.2) is 0 Å². The van der Waals surface area contributed by atoms with E-state index in [0.29, 0.717) is 24.0 Å². The summed E-state index contributed by atoms with van der Waals surface area (Å²) in [5, 5.41) is 0. The average molecular weight is 278 g/mol. The predicted octanol–water partition coefficient (Wildman–Crippen LogP) is 5.17. The summed E-state index contributed by atoms with van der Waals surface area (Å²) < 4.78 is 39.4. The van der Waals surface area contributed by atoms with Crippen molar-refractivity contribution in [2.75, 3.05) is 0 Å². The number of hydrogen-bond acceptors (Lipinski definition) is 0. The van der Waals surface area contributed by atoms with Crippen molar-refractivity contribution in [1.82, 2.24) is 0 Å². The lowest BCUT2D eigenvalue weighted by atomic mass is 9.96. The van der Waals surface area contributed by atoms with E-state index in [9.17, 15) is 13.2 Å². The maximum Gasteiger partial charge on any atom is 0.416 e. The standard InChI is InChI=1S/C17H17F3/c1-3-13-8-9-15(16(11-13)17(18,19)20)10-14-6-4-12(2)5-7-14/h4-9,11H,3,10H2,1-2H3. The first-order valence-electron chi connectivity index (χ1n) is 6.64. The minimum atomic E-state index is -4.30. The fourth-order valence-corrected chi connectivity index (χ4v) is 2.19. The Morgan fingerprint density at radius 2 is 1.50 bits per heavy atom. The summed E-state index contributed by atoms with van der Waals surface area (Å²) in [7, 11) is 0. The average Bonchev–Trinajstić information content (AvgIpc) is 2.40. The normalized spacial score (nSPS) is 11.7. The van der Waals surface area contributed by atoms with E-state index in [4.69, 9.17) is 0 Å². The van der Waals surface area contributed by atoms with Gasteiger partial charge in [0, 0.05) is 0 Å². The third-order valence-electron chi connectivity index (χ3n) is 3.40. The van der Waals surface area contributed by atoms with E-state index < -0.39 is 11.7 Å². The molecule has 0 aliphatic rings. The number of rotatable bonds is 3. The third kappa shape index (κ3) is 3.41. The van der Waals surface area contributed by atoms with Crippen LogP contribution in [0, 0.1) is 6.92 Å². The number of benzene rings is 2. The lowest BCUT2D eigenvalue weighted by molar-refractivity contribution is -0.138. The summed E-state index contributed by atoms with van der Waals surface area (Å²) in [5.74, 6) is 0. The first kappa shape index (κ1) is 14.6. The fraction of sp³-hybridized carbons (Fsp3) is 0.294. The Balaban J connectivity index is 2.38. The topological polar surface area (TPSA) is 0 Å². The lowest BCUT2D eigenvalue weighted by Crippen LogP contribution is -2.10. The van der Waals surface area contributed by atoms with Gasteiger partial charge in [-0.05, 0) is 42.5 Å². The van der Waals surface area contributed by atoms with E-state index in [1.54, 1.807) is 12.1 Å². The second kappa shape index (κ2) is 5.70. The van der Waals surface area contributed by atoms with Gasteiger partial charge in [0.05, 0.1) is 5.56 Å². The van der Waals surface area contributed by atoms with Crippen LogP contribution in [-0.4, -0.2) is 0 Å². The summed E-state index contributed by atoms with van der Waals surface area (Å²) >= 11 is 0. The minimum Gasteiger partial charge on any atom is -0.166 e. The molecule has 2 aromatic carbocycles. The Hall–Kier alpha value is -1.77. The largest absolute Gasteiger partial charge is 0.416 e. The number of hydrogen-bond donors (Lipinski definition) is 0. The van der Waals surface area contributed by atoms with Crippen LogP contribution in [-0.2, 0) is 19.0 Å². The van der Waals surface area contributed by atoms with E-state index in [1.165, 1.54) is 6.07 Å². The summed E-state index contributed by atoms with van der Waals surface area (Å²) in [6, 6.07) is 12.2. The van der Waals surface area contributed by atoms with E-state index in [-0.39, 0.29) is 0 Å². The van der Waals surface area contributed by atoms with Crippen LogP contribution in [0.15, 0.2) is 42.5 Å². The fourth-order valence-electron chi connectivity index (χ4n) is 2.19. The monoisotopic (exact) mass is 278 g/mol. The highest BCUT2D eigenvalue weighted by Gasteiger charge is 2.33. The van der Waals surface area contributed by atoms with Crippen molar-refractivity contribution in [2.45, 2.75) is 32.9 Å². The van der Waals surface area contributed by atoms with Crippen molar-refractivity contribution in [2.24, 2.45) is 0 Å². The van der Waals surface area contributed by atoms with Crippen molar-refractivity contribution in [3.63, 3.8) is 0 Å². The van der Waals surface area contributed by atoms with Crippen LogP contribution in [0.2, 0.25) is 0 Å². The molecule has 0 saturated carbocycles. The van der Waals surface area contributed by atoms with Crippen molar-refractivity contribution < 1.29 is 13.2 Å². The highest BCUT2D eigenvalue weighted by molar-refractivity contribution is 5.38. The highest BCUT2D eigenvalue weighted by atomic mass is 19.4. The first-order valence-corrected chi connectivity index (χ1v) is 6.64. The van der Waals surface area contributed by atoms with Crippen molar-refractivity contribution >= 4 is 0 Å². The second-order valence-electron chi connectivity index (χ2n) is 5.01. The lowest BCUT2D eigenvalue weighted by Gasteiger charge is -2.14. The van der Waals surface area contributed by atoms with Crippen LogP contribution in [0.5, 0.6) is 0 Å². The van der Waals surface area contributed by atoms with Crippen LogP contribution < -0.4 is 0 Å². The molecular formula is C17H17F3. The molecule has 0 nitrogen and oxygen atoms in total. The van der Waals surface area contributed by atoms with Gasteiger partial charge >= 0.3 is 6.18 Å². The molecule has 20 heavy (non-hydrogen) atoms. The van der Waals surface area contributed by atoms with Gasteiger partial charge in [0.2, 0.25) is 0 Å². The maximum atomic E-state index is 13.1. The van der Waals surface area contributed by atoms with Crippen molar-refractivity contribution in [3.8, 4) is 0 Å². The molecule has 0 spiro atoms. The van der Waals surface area contributed by atoms with Gasteiger partial charge in [-0.1, -0.05) is 48.9 Å². The van der Waals surface area contributed by atoms with Gasteiger partial charge in [0.1, 0.15) is 0 Å². The highest BCUT2D eigenvalue weighted by Crippen LogP contribution is 2.33. The van der Waals surface area contributed by atoms with Crippen LogP contribution >= 0.6 is 0 Å². The summed E-state index contributed by atoms with van der Waals surface area (Å²) in [5.41, 5.74) is 2.53. The molecule has 0 bridgehead atoms. The molecule has 0 aliphatic heterocycles. The Kier molecular flexibility index (Phi) is 4.17. The van der Waals surface area contributed by atoms with E-state index in [0.717, 1.165) is 11.1 Å². The Bertz CT molecular complexity index is 580. The molecule has 106 valence electrons. The number of halogens is 3. The third-order valence-corrected chi connectivity index (χ3v) is 3.40. The SMILES string of the molecule is CCc1ccc(Cc2ccc(C)cc2)c(C(F)(F)F)c1. The quantitative estimate of drug-likeness (QED) is 0.727. The molecule has 0 atom stereocenters. The van der Waals surface area contributed by atoms with Gasteiger partial charge in [0.25, 0.3) is 0 Å². The molecule has 0 fully saturated rings. The molecule has 0 amide bonds. The van der Waals surface area contributed by atoms with E-state index in [2.05, 4.69) is 0 Å². The Morgan fingerprint density at radius 1 is 0.900 bits per heavy atom. The molecule has 0 radical (unpaired) electrons. The molecule has 0 N–H and O–H groups in total. The summed E-state index contributed by atoms with van der Waals surface area (Å²) in [6.07, 6.45) is -3.39. The van der Waals surface area contributed by atoms with Gasteiger partial charge in [-0.15, -0.1) is 0 Å². The molecular weight excluding hydrogens is 261 g/mol. The zero-order valence-corrected chi connectivity index (χ0v) is 11.6. The molecule has 0 saturated heterocycles. The summed E-state index contributed by atoms with van der Waals surface area (Å²) in [4.78, 5) is 0. The second-order valence-corrected chi connectivity index (χ2v) is 5.01. The van der Waals surface area contributed by atoms with Crippen LogP contribution in [0.4, 0.5) is 13.2 Å². The van der Waals surface area contributed by atoms with Crippen molar-refractivity contribution in [1.29, 1.82) is 0 Å². The van der Waals surface area contributed by atoms with Crippen molar-refractivity contribution in [3.05, 3.63) is 70.3 Å². The van der Waals surface area contributed by atoms with E-state index >= 15 is 0 Å². The summed E-state index contributed by atoms with van der Waals surface area (Å²) in [6.45, 7) is 3.82. The molecule has 0 unspecified atom stereocenters. The molecule has 0 heterocycles. The van der Waals surface area contributed by atoms with Crippen LogP contribution in [0.25, 0.3) is 0 Å². The Morgan fingerprint density at radius 3 is 2.05 bits per heavy atom. The number of alkyl halides is 3. The van der Waals surface area contributed by atoms with E-state index in [1.807, 2.05) is 38.1 Å². The molecule has 2 aromatic rings.